The van der Waals surface area contributed by atoms with Crippen LogP contribution in [0.3, 0.4) is 0 Å². The van der Waals surface area contributed by atoms with Gasteiger partial charge in [0.25, 0.3) is 0 Å². The molecule has 25 heavy (non-hydrogen) atoms. The van der Waals surface area contributed by atoms with E-state index in [4.69, 9.17) is 0 Å². The number of aliphatic hydroxyl groups excluding tert-OH is 1. The van der Waals surface area contributed by atoms with Gasteiger partial charge in [0.2, 0.25) is 0 Å². The first kappa shape index (κ1) is 19.7. The van der Waals surface area contributed by atoms with Crippen LogP contribution < -0.4 is 10.6 Å². The second kappa shape index (κ2) is 9.21. The number of benzene rings is 1. The van der Waals surface area contributed by atoms with Crippen LogP contribution in [0.4, 0.5) is 0 Å². The summed E-state index contributed by atoms with van der Waals surface area (Å²) in [6, 6.07) is 12.3. The van der Waals surface area contributed by atoms with Crippen molar-refractivity contribution in [3.8, 4) is 0 Å². The molecule has 2 aromatic heterocycles. The molecule has 0 bridgehead atoms. The van der Waals surface area contributed by atoms with Gasteiger partial charge in [0, 0.05) is 49.2 Å². The molecule has 1 atom stereocenters. The number of nitrogens with zero attached hydrogens (tertiary/aromatic N) is 2. The van der Waals surface area contributed by atoms with Crippen LogP contribution in [0.5, 0.6) is 0 Å². The summed E-state index contributed by atoms with van der Waals surface area (Å²) in [5.74, 6) is 0.680. The van der Waals surface area contributed by atoms with Crippen LogP contribution in [0.2, 0.25) is 0 Å². The van der Waals surface area contributed by atoms with Gasteiger partial charge < -0.3 is 20.3 Å². The quantitative estimate of drug-likeness (QED) is 0.305. The van der Waals surface area contributed by atoms with E-state index in [1.54, 1.807) is 18.4 Å². The van der Waals surface area contributed by atoms with Gasteiger partial charge in [0.05, 0.1) is 0 Å². The van der Waals surface area contributed by atoms with Crippen molar-refractivity contribution in [3.63, 3.8) is 0 Å². The van der Waals surface area contributed by atoms with Gasteiger partial charge in [-0.2, -0.15) is 0 Å². The van der Waals surface area contributed by atoms with E-state index in [9.17, 15) is 5.11 Å². The third-order valence-corrected chi connectivity index (χ3v) is 5.03. The number of aliphatic imine (C=N–C) groups is 1. The molecule has 0 aliphatic carbocycles. The van der Waals surface area contributed by atoms with Gasteiger partial charge in [0.15, 0.2) is 5.96 Å². The topological polar surface area (TPSA) is 61.6 Å². The molecular formula is C18H23IN4OS. The lowest BCUT2D eigenvalue weighted by atomic mass is 10.2. The molecule has 3 aromatic rings. The fraction of sp³-hybridized carbons (Fsp3) is 0.278. The number of aromatic nitrogens is 1. The van der Waals surface area contributed by atoms with E-state index in [0.717, 1.165) is 4.88 Å². The summed E-state index contributed by atoms with van der Waals surface area (Å²) >= 11 is 1.62. The Balaban J connectivity index is 0.00000225. The fourth-order valence-electron chi connectivity index (χ4n) is 2.53. The maximum Gasteiger partial charge on any atom is 0.191 e. The molecule has 0 aliphatic heterocycles. The maximum atomic E-state index is 10.4. The fourth-order valence-corrected chi connectivity index (χ4v) is 3.58. The minimum atomic E-state index is -0.558. The number of nitrogens with one attached hydrogen (secondary N) is 2. The van der Waals surface area contributed by atoms with Crippen molar-refractivity contribution < 1.29 is 5.11 Å². The summed E-state index contributed by atoms with van der Waals surface area (Å²) in [5.41, 5.74) is 1.19. The van der Waals surface area contributed by atoms with Gasteiger partial charge in [0.1, 0.15) is 6.10 Å². The number of thiophene rings is 1. The van der Waals surface area contributed by atoms with Crippen molar-refractivity contribution >= 4 is 51.4 Å². The first-order valence-corrected chi connectivity index (χ1v) is 8.69. The number of halogens is 1. The van der Waals surface area contributed by atoms with Gasteiger partial charge in [-0.3, -0.25) is 4.99 Å². The molecule has 0 saturated carbocycles. The molecule has 0 fully saturated rings. The highest BCUT2D eigenvalue weighted by Gasteiger charge is 2.12. The number of aliphatic hydroxyl groups is 1. The zero-order valence-corrected chi connectivity index (χ0v) is 17.4. The van der Waals surface area contributed by atoms with Crippen LogP contribution in [0.15, 0.2) is 53.8 Å². The summed E-state index contributed by atoms with van der Waals surface area (Å²) in [6.45, 7) is 1.11. The van der Waals surface area contributed by atoms with Crippen LogP contribution in [0, 0.1) is 0 Å². The van der Waals surface area contributed by atoms with Crippen LogP contribution in [-0.2, 0) is 13.6 Å². The third-order valence-electron chi connectivity index (χ3n) is 3.81. The molecule has 1 unspecified atom stereocenters. The van der Waals surface area contributed by atoms with Crippen molar-refractivity contribution in [1.29, 1.82) is 0 Å². The average Bonchev–Trinajstić information content (AvgIpc) is 3.20. The lowest BCUT2D eigenvalue weighted by molar-refractivity contribution is 0.184. The van der Waals surface area contributed by atoms with Crippen molar-refractivity contribution in [1.82, 2.24) is 15.2 Å². The number of hydrogen-bond acceptors (Lipinski definition) is 3. The Hall–Kier alpha value is -1.58. The molecule has 3 rings (SSSR count). The molecule has 2 heterocycles. The molecule has 3 N–H and O–H groups in total. The zero-order valence-electron chi connectivity index (χ0n) is 14.3. The summed E-state index contributed by atoms with van der Waals surface area (Å²) in [4.78, 5) is 5.16. The molecule has 0 radical (unpaired) electrons. The number of fused-ring (bicyclic) bond motifs is 1. The van der Waals surface area contributed by atoms with E-state index in [0.29, 0.717) is 19.0 Å². The zero-order chi connectivity index (χ0) is 16.9. The first-order valence-electron chi connectivity index (χ1n) is 7.87. The highest BCUT2D eigenvalue weighted by molar-refractivity contribution is 14.0. The second-order valence-corrected chi connectivity index (χ2v) is 6.81. The van der Waals surface area contributed by atoms with E-state index in [1.807, 2.05) is 36.0 Å². The van der Waals surface area contributed by atoms with E-state index < -0.39 is 6.10 Å². The largest absolute Gasteiger partial charge is 0.386 e. The van der Waals surface area contributed by atoms with E-state index in [-0.39, 0.29) is 24.0 Å². The predicted octanol–water partition coefficient (Wildman–Crippen LogP) is 3.26. The average molecular weight is 470 g/mol. The number of guanidine groups is 1. The standard InChI is InChI=1S/C18H22N4OS.HI/c1-19-18(20-10-13-7-8-22(2)12-13)21-11-15(23)17-9-14-5-3-4-6-16(14)24-17;/h3-9,12,15,23H,10-11H2,1-2H3,(H2,19,20,21);1H. The van der Waals surface area contributed by atoms with Gasteiger partial charge >= 0.3 is 0 Å². The molecule has 0 aliphatic rings. The summed E-state index contributed by atoms with van der Waals surface area (Å²) in [7, 11) is 3.73. The van der Waals surface area contributed by atoms with Gasteiger partial charge in [-0.1, -0.05) is 18.2 Å². The number of aryl methyl sites for hydroxylation is 1. The highest BCUT2D eigenvalue weighted by Crippen LogP contribution is 2.29. The van der Waals surface area contributed by atoms with E-state index in [1.165, 1.54) is 15.6 Å². The Morgan fingerprint density at radius 3 is 2.76 bits per heavy atom. The number of rotatable bonds is 5. The second-order valence-electron chi connectivity index (χ2n) is 5.69. The molecule has 0 saturated heterocycles. The van der Waals surface area contributed by atoms with Gasteiger partial charge in [-0.15, -0.1) is 35.3 Å². The third kappa shape index (κ3) is 5.20. The Bertz CT molecular complexity index is 809. The smallest absolute Gasteiger partial charge is 0.191 e. The molecule has 5 nitrogen and oxygen atoms in total. The van der Waals surface area contributed by atoms with Gasteiger partial charge in [-0.05, 0) is 29.1 Å². The normalized spacial score (nSPS) is 12.7. The minimum Gasteiger partial charge on any atom is -0.386 e. The SMILES string of the molecule is CN=C(NCc1ccn(C)c1)NCC(O)c1cc2ccccc2s1.I. The van der Waals surface area contributed by atoms with E-state index >= 15 is 0 Å². The molecule has 7 heteroatoms. The molecule has 134 valence electrons. The summed E-state index contributed by atoms with van der Waals surface area (Å²) in [6.07, 6.45) is 3.52. The van der Waals surface area contributed by atoms with Crippen molar-refractivity contribution in [2.75, 3.05) is 13.6 Å². The lowest BCUT2D eigenvalue weighted by Gasteiger charge is -2.14. The highest BCUT2D eigenvalue weighted by atomic mass is 127. The van der Waals surface area contributed by atoms with Crippen molar-refractivity contribution in [3.05, 3.63) is 59.2 Å². The molecular weight excluding hydrogens is 447 g/mol. The molecule has 1 aromatic carbocycles. The summed E-state index contributed by atoms with van der Waals surface area (Å²) < 4.78 is 3.21. The van der Waals surface area contributed by atoms with Crippen LogP contribution >= 0.6 is 35.3 Å². The molecule has 0 spiro atoms. The Labute approximate surface area is 168 Å². The van der Waals surface area contributed by atoms with E-state index in [2.05, 4.69) is 40.0 Å². The maximum absolute atomic E-state index is 10.4. The molecule has 0 amide bonds. The first-order chi connectivity index (χ1) is 11.7. The Kier molecular flexibility index (Phi) is 7.27. The summed E-state index contributed by atoms with van der Waals surface area (Å²) in [5, 5.41) is 18.0. The van der Waals surface area contributed by atoms with Crippen LogP contribution in [-0.4, -0.2) is 29.2 Å². The lowest BCUT2D eigenvalue weighted by Crippen LogP contribution is -2.38. The van der Waals surface area contributed by atoms with Crippen molar-refractivity contribution in [2.45, 2.75) is 12.6 Å². The monoisotopic (exact) mass is 470 g/mol. The Morgan fingerprint density at radius 2 is 2.08 bits per heavy atom. The predicted molar refractivity (Wildman–Crippen MR) is 116 cm³/mol. The van der Waals surface area contributed by atoms with Crippen LogP contribution in [0.1, 0.15) is 16.5 Å². The van der Waals surface area contributed by atoms with Crippen molar-refractivity contribution in [2.24, 2.45) is 12.0 Å². The van der Waals surface area contributed by atoms with Gasteiger partial charge in [-0.25, -0.2) is 0 Å². The Morgan fingerprint density at radius 1 is 1.28 bits per heavy atom. The van der Waals surface area contributed by atoms with Crippen LogP contribution in [0.25, 0.3) is 10.1 Å². The number of hydrogen-bond donors (Lipinski definition) is 3. The minimum absolute atomic E-state index is 0.